The number of ether oxygens (including phenoxy) is 1. The van der Waals surface area contributed by atoms with Crippen molar-refractivity contribution < 1.29 is 24.5 Å². The van der Waals surface area contributed by atoms with Crippen LogP contribution in [-0.2, 0) is 22.6 Å². The van der Waals surface area contributed by atoms with Gasteiger partial charge in [-0.2, -0.15) is 0 Å². The van der Waals surface area contributed by atoms with Crippen LogP contribution in [-0.4, -0.2) is 56.4 Å². The fraction of sp³-hybridized carbons (Fsp3) is 0.292. The van der Waals surface area contributed by atoms with Crippen molar-refractivity contribution in [2.45, 2.75) is 25.8 Å². The van der Waals surface area contributed by atoms with Crippen LogP contribution in [0.2, 0.25) is 0 Å². The molecule has 2 aromatic heterocycles. The molecule has 3 aromatic rings. The molecule has 0 bridgehead atoms. The molecule has 1 aliphatic rings. The van der Waals surface area contributed by atoms with Gasteiger partial charge in [-0.25, -0.2) is 14.1 Å². The summed E-state index contributed by atoms with van der Waals surface area (Å²) in [5, 5.41) is 20.0. The monoisotopic (exact) mass is 437 g/mol. The predicted molar refractivity (Wildman–Crippen MR) is 120 cm³/mol. The van der Waals surface area contributed by atoms with Gasteiger partial charge in [0.2, 0.25) is 5.88 Å². The molecule has 1 aliphatic heterocycles. The quantitative estimate of drug-likeness (QED) is 0.412. The summed E-state index contributed by atoms with van der Waals surface area (Å²) >= 11 is 0. The predicted octanol–water partition coefficient (Wildman–Crippen LogP) is 3.26. The Bertz CT molecular complexity index is 1030. The summed E-state index contributed by atoms with van der Waals surface area (Å²) in [5.41, 5.74) is 4.08. The molecule has 0 saturated carbocycles. The van der Waals surface area contributed by atoms with Gasteiger partial charge in [0, 0.05) is 37.5 Å². The minimum absolute atomic E-state index is 0.558. The van der Waals surface area contributed by atoms with Gasteiger partial charge >= 0.3 is 11.9 Å². The SMILES string of the molecule is O=C(O)C=CC(=O)O.c1ccc2c(c1)CCN(CCCCOc1cc3ccccn3n1)C2. The van der Waals surface area contributed by atoms with Gasteiger partial charge in [0.25, 0.3) is 0 Å². The van der Waals surface area contributed by atoms with E-state index in [0.717, 1.165) is 38.1 Å². The van der Waals surface area contributed by atoms with Crippen molar-refractivity contribution >= 4 is 17.5 Å². The summed E-state index contributed by atoms with van der Waals surface area (Å²) in [6, 6.07) is 16.8. The zero-order valence-corrected chi connectivity index (χ0v) is 17.8. The molecule has 0 radical (unpaired) electrons. The average Bonchev–Trinajstić information content (AvgIpc) is 3.21. The lowest BCUT2D eigenvalue weighted by atomic mass is 10.00. The van der Waals surface area contributed by atoms with Crippen molar-refractivity contribution in [2.24, 2.45) is 0 Å². The lowest BCUT2D eigenvalue weighted by Crippen LogP contribution is -2.31. The normalized spacial score (nSPS) is 13.4. The molecule has 168 valence electrons. The van der Waals surface area contributed by atoms with Gasteiger partial charge in [0.1, 0.15) is 0 Å². The number of hydrogen-bond donors (Lipinski definition) is 2. The number of aromatic nitrogens is 2. The fourth-order valence-electron chi connectivity index (χ4n) is 3.49. The highest BCUT2D eigenvalue weighted by atomic mass is 16.5. The smallest absolute Gasteiger partial charge is 0.328 e. The molecule has 3 heterocycles. The number of aliphatic carboxylic acids is 2. The zero-order valence-electron chi connectivity index (χ0n) is 17.8. The lowest BCUT2D eigenvalue weighted by molar-refractivity contribution is -0.134. The van der Waals surface area contributed by atoms with E-state index < -0.39 is 11.9 Å². The van der Waals surface area contributed by atoms with Crippen molar-refractivity contribution in [1.29, 1.82) is 0 Å². The molecule has 1 aromatic carbocycles. The van der Waals surface area contributed by atoms with Gasteiger partial charge < -0.3 is 14.9 Å². The zero-order chi connectivity index (χ0) is 22.8. The summed E-state index contributed by atoms with van der Waals surface area (Å²) in [7, 11) is 0. The molecule has 0 atom stereocenters. The van der Waals surface area contributed by atoms with E-state index in [-0.39, 0.29) is 0 Å². The van der Waals surface area contributed by atoms with Gasteiger partial charge in [0.05, 0.1) is 12.1 Å². The van der Waals surface area contributed by atoms with E-state index in [1.165, 1.54) is 24.1 Å². The van der Waals surface area contributed by atoms with Crippen LogP contribution in [0.25, 0.3) is 5.52 Å². The molecular formula is C24H27N3O5. The third kappa shape index (κ3) is 7.24. The number of carbonyl (C=O) groups is 2. The van der Waals surface area contributed by atoms with Crippen LogP contribution in [0.15, 0.2) is 66.9 Å². The molecule has 8 heteroatoms. The van der Waals surface area contributed by atoms with Crippen LogP contribution in [0.1, 0.15) is 24.0 Å². The van der Waals surface area contributed by atoms with Crippen molar-refractivity contribution in [3.05, 3.63) is 78.0 Å². The highest BCUT2D eigenvalue weighted by molar-refractivity contribution is 5.89. The van der Waals surface area contributed by atoms with Gasteiger partial charge in [-0.1, -0.05) is 30.3 Å². The van der Waals surface area contributed by atoms with Crippen LogP contribution in [0, 0.1) is 0 Å². The summed E-state index contributed by atoms with van der Waals surface area (Å²) in [6.45, 7) is 4.13. The maximum atomic E-state index is 9.55. The molecular weight excluding hydrogens is 410 g/mol. The molecule has 0 spiro atoms. The number of carboxylic acids is 2. The topological polar surface area (TPSA) is 104 Å². The summed E-state index contributed by atoms with van der Waals surface area (Å²) in [6.07, 6.45) is 6.45. The minimum Gasteiger partial charge on any atom is -0.478 e. The van der Waals surface area contributed by atoms with E-state index in [4.69, 9.17) is 14.9 Å². The summed E-state index contributed by atoms with van der Waals surface area (Å²) < 4.78 is 7.63. The molecule has 0 saturated heterocycles. The van der Waals surface area contributed by atoms with Crippen molar-refractivity contribution in [1.82, 2.24) is 14.5 Å². The first-order chi connectivity index (χ1) is 15.5. The number of fused-ring (bicyclic) bond motifs is 2. The first-order valence-electron chi connectivity index (χ1n) is 10.5. The molecule has 0 fully saturated rings. The first-order valence-corrected chi connectivity index (χ1v) is 10.5. The highest BCUT2D eigenvalue weighted by Gasteiger charge is 2.14. The first kappa shape index (κ1) is 23.0. The number of nitrogens with zero attached hydrogens (tertiary/aromatic N) is 3. The van der Waals surface area contributed by atoms with Crippen molar-refractivity contribution in [2.75, 3.05) is 19.7 Å². The number of carboxylic acid groups (broad SMARTS) is 2. The Morgan fingerprint density at radius 2 is 1.72 bits per heavy atom. The average molecular weight is 437 g/mol. The number of benzene rings is 1. The number of hydrogen-bond acceptors (Lipinski definition) is 5. The maximum absolute atomic E-state index is 9.55. The van der Waals surface area contributed by atoms with E-state index in [2.05, 4.69) is 34.3 Å². The van der Waals surface area contributed by atoms with E-state index >= 15 is 0 Å². The van der Waals surface area contributed by atoms with Gasteiger partial charge in [0.15, 0.2) is 0 Å². The number of unbranched alkanes of at least 4 members (excludes halogenated alkanes) is 1. The van der Waals surface area contributed by atoms with Crippen LogP contribution >= 0.6 is 0 Å². The summed E-state index contributed by atoms with van der Waals surface area (Å²) in [5.74, 6) is -1.80. The number of pyridine rings is 1. The number of rotatable bonds is 8. The second kappa shape index (κ2) is 11.7. The van der Waals surface area contributed by atoms with Crippen molar-refractivity contribution in [3.8, 4) is 5.88 Å². The molecule has 4 rings (SSSR count). The molecule has 0 aliphatic carbocycles. The molecule has 8 nitrogen and oxygen atoms in total. The van der Waals surface area contributed by atoms with Gasteiger partial charge in [-0.3, -0.25) is 4.90 Å². The Morgan fingerprint density at radius 1 is 1.00 bits per heavy atom. The van der Waals surface area contributed by atoms with E-state index in [9.17, 15) is 9.59 Å². The standard InChI is InChI=1S/C20H23N3O.C4H4O4/c1-2-8-18-16-22(13-10-17(18)7-1)11-5-6-14-24-20-15-19-9-3-4-12-23(19)21-20;5-3(6)1-2-4(7)8/h1-4,7-9,12,15H,5-6,10-11,13-14,16H2;1-2H,(H,5,6)(H,7,8). The Hall–Kier alpha value is -3.65. The maximum Gasteiger partial charge on any atom is 0.328 e. The largest absolute Gasteiger partial charge is 0.478 e. The third-order valence-corrected chi connectivity index (χ3v) is 5.04. The van der Waals surface area contributed by atoms with Gasteiger partial charge in [-0.15, -0.1) is 5.10 Å². The van der Waals surface area contributed by atoms with E-state index in [1.54, 1.807) is 0 Å². The second-order valence-corrected chi connectivity index (χ2v) is 7.41. The van der Waals surface area contributed by atoms with E-state index in [1.807, 2.05) is 35.0 Å². The molecule has 32 heavy (non-hydrogen) atoms. The van der Waals surface area contributed by atoms with Gasteiger partial charge in [-0.05, 0) is 49.1 Å². The fourth-order valence-corrected chi connectivity index (χ4v) is 3.49. The van der Waals surface area contributed by atoms with Crippen LogP contribution < -0.4 is 4.74 Å². The lowest BCUT2D eigenvalue weighted by Gasteiger charge is -2.28. The molecule has 0 unspecified atom stereocenters. The van der Waals surface area contributed by atoms with E-state index in [0.29, 0.717) is 18.0 Å². The molecule has 0 amide bonds. The highest BCUT2D eigenvalue weighted by Crippen LogP contribution is 2.19. The van der Waals surface area contributed by atoms with Crippen LogP contribution in [0.3, 0.4) is 0 Å². The Kier molecular flexibility index (Phi) is 8.39. The van der Waals surface area contributed by atoms with Crippen LogP contribution in [0.4, 0.5) is 0 Å². The Morgan fingerprint density at radius 3 is 2.44 bits per heavy atom. The second-order valence-electron chi connectivity index (χ2n) is 7.41. The summed E-state index contributed by atoms with van der Waals surface area (Å²) in [4.78, 5) is 21.7. The Labute approximate surface area is 186 Å². The Balaban J connectivity index is 0.000000312. The van der Waals surface area contributed by atoms with Crippen LogP contribution in [0.5, 0.6) is 5.88 Å². The third-order valence-electron chi connectivity index (χ3n) is 5.04. The minimum atomic E-state index is -1.26. The molecule has 2 N–H and O–H groups in total. The van der Waals surface area contributed by atoms with Crippen molar-refractivity contribution in [3.63, 3.8) is 0 Å².